The quantitative estimate of drug-likeness (QED) is 0.903. The molecule has 0 aromatic carbocycles. The zero-order chi connectivity index (χ0) is 16.2. The van der Waals surface area contributed by atoms with E-state index in [2.05, 4.69) is 15.4 Å². The highest BCUT2D eigenvalue weighted by Crippen LogP contribution is 2.24. The molecule has 1 N–H and O–H groups in total. The summed E-state index contributed by atoms with van der Waals surface area (Å²) in [6.07, 6.45) is 3.09. The molecule has 2 amide bonds. The summed E-state index contributed by atoms with van der Waals surface area (Å²) in [5.74, 6) is 1.72. The Morgan fingerprint density at radius 1 is 1.30 bits per heavy atom. The van der Waals surface area contributed by atoms with Gasteiger partial charge in [0.25, 0.3) is 0 Å². The number of nitrogens with zero attached hydrogens (tertiary/aromatic N) is 4. The van der Waals surface area contributed by atoms with Crippen LogP contribution in [0, 0.1) is 12.8 Å². The van der Waals surface area contributed by atoms with E-state index in [1.54, 1.807) is 11.7 Å². The molecule has 3 rings (SSSR count). The van der Waals surface area contributed by atoms with Crippen LogP contribution in [0.25, 0.3) is 0 Å². The molecule has 0 spiro atoms. The van der Waals surface area contributed by atoms with Crippen molar-refractivity contribution in [3.63, 3.8) is 0 Å². The molecule has 23 heavy (non-hydrogen) atoms. The van der Waals surface area contributed by atoms with E-state index in [4.69, 9.17) is 9.47 Å². The van der Waals surface area contributed by atoms with Gasteiger partial charge in [-0.05, 0) is 32.1 Å². The van der Waals surface area contributed by atoms with Crippen LogP contribution in [-0.4, -0.2) is 64.7 Å². The maximum atomic E-state index is 12.6. The highest BCUT2D eigenvalue weighted by molar-refractivity contribution is 5.87. The van der Waals surface area contributed by atoms with Gasteiger partial charge >= 0.3 is 6.03 Å². The van der Waals surface area contributed by atoms with E-state index in [0.717, 1.165) is 38.3 Å². The Morgan fingerprint density at radius 2 is 2.09 bits per heavy atom. The number of hydrogen-bond donors (Lipinski definition) is 1. The average molecular weight is 323 g/mol. The number of hydrogen-bond acceptors (Lipinski definition) is 5. The predicted octanol–water partition coefficient (Wildman–Crippen LogP) is 1.17. The molecule has 1 unspecified atom stereocenters. The fourth-order valence-electron chi connectivity index (χ4n) is 3.17. The highest BCUT2D eigenvalue weighted by atomic mass is 16.5. The Labute approximate surface area is 136 Å². The Hall–Kier alpha value is -1.67. The van der Waals surface area contributed by atoms with Gasteiger partial charge in [0.15, 0.2) is 0 Å². The van der Waals surface area contributed by atoms with Crippen molar-refractivity contribution in [2.75, 3.05) is 38.3 Å². The number of aromatic nitrogens is 3. The maximum absolute atomic E-state index is 12.6. The third-order valence-electron chi connectivity index (χ3n) is 4.63. The molecule has 2 fully saturated rings. The van der Waals surface area contributed by atoms with Gasteiger partial charge in [-0.25, -0.2) is 4.79 Å². The minimum Gasteiger partial charge on any atom is -0.381 e. The van der Waals surface area contributed by atoms with E-state index in [1.807, 2.05) is 11.8 Å². The lowest BCUT2D eigenvalue weighted by Crippen LogP contribution is -2.51. The van der Waals surface area contributed by atoms with Crippen LogP contribution in [0.15, 0.2) is 0 Å². The Balaban J connectivity index is 1.61. The summed E-state index contributed by atoms with van der Waals surface area (Å²) >= 11 is 0. The molecular weight excluding hydrogens is 298 g/mol. The predicted molar refractivity (Wildman–Crippen MR) is 84.2 cm³/mol. The topological polar surface area (TPSA) is 81.5 Å². The molecule has 8 nitrogen and oxygen atoms in total. The van der Waals surface area contributed by atoms with Crippen molar-refractivity contribution in [3.05, 3.63) is 5.82 Å². The number of carbonyl (C=O) groups excluding carboxylic acids is 1. The number of urea groups is 1. The van der Waals surface area contributed by atoms with Crippen molar-refractivity contribution in [1.29, 1.82) is 0 Å². The molecule has 128 valence electrons. The zero-order valence-corrected chi connectivity index (χ0v) is 13.8. The monoisotopic (exact) mass is 323 g/mol. The first-order valence-electron chi connectivity index (χ1n) is 8.24. The van der Waals surface area contributed by atoms with Crippen molar-refractivity contribution in [2.24, 2.45) is 13.0 Å². The number of nitrogens with one attached hydrogen (secondary N) is 1. The summed E-state index contributed by atoms with van der Waals surface area (Å²) in [6, 6.07) is -0.0346. The van der Waals surface area contributed by atoms with E-state index in [9.17, 15) is 4.79 Å². The molecule has 3 heterocycles. The molecule has 1 aromatic heterocycles. The summed E-state index contributed by atoms with van der Waals surface area (Å²) in [5.41, 5.74) is 0. The summed E-state index contributed by atoms with van der Waals surface area (Å²) in [7, 11) is 1.81. The van der Waals surface area contributed by atoms with E-state index in [-0.39, 0.29) is 12.1 Å². The minimum absolute atomic E-state index is 0.108. The van der Waals surface area contributed by atoms with Gasteiger partial charge in [-0.1, -0.05) is 0 Å². The standard InChI is InChI=1S/C15H25N5O3/c1-11-16-14(18-19(11)2)17-15(21)20-5-8-23-10-13(20)9-12-3-6-22-7-4-12/h12-13H,3-10H2,1-2H3,(H,17,18,21). The van der Waals surface area contributed by atoms with Crippen LogP contribution in [0.2, 0.25) is 0 Å². The number of ether oxygens (including phenoxy) is 2. The Kier molecular flexibility index (Phi) is 5.12. The lowest BCUT2D eigenvalue weighted by molar-refractivity contribution is -0.00507. The fraction of sp³-hybridized carbons (Fsp3) is 0.800. The van der Waals surface area contributed by atoms with Gasteiger partial charge in [-0.15, -0.1) is 5.10 Å². The van der Waals surface area contributed by atoms with Crippen LogP contribution in [-0.2, 0) is 16.5 Å². The largest absolute Gasteiger partial charge is 0.381 e. The van der Waals surface area contributed by atoms with Crippen LogP contribution in [0.3, 0.4) is 0 Å². The molecule has 1 aromatic rings. The van der Waals surface area contributed by atoms with Gasteiger partial charge in [0.1, 0.15) is 5.82 Å². The molecule has 2 aliphatic heterocycles. The summed E-state index contributed by atoms with van der Waals surface area (Å²) < 4.78 is 12.6. The number of carbonyl (C=O) groups is 1. The number of anilines is 1. The second kappa shape index (κ2) is 7.27. The lowest BCUT2D eigenvalue weighted by atomic mass is 9.92. The normalized spacial score (nSPS) is 23.0. The lowest BCUT2D eigenvalue weighted by Gasteiger charge is -2.37. The molecule has 0 saturated carbocycles. The zero-order valence-electron chi connectivity index (χ0n) is 13.8. The third-order valence-corrected chi connectivity index (χ3v) is 4.63. The molecule has 8 heteroatoms. The number of amides is 2. The SMILES string of the molecule is Cc1nc(NC(=O)N2CCOCC2CC2CCOCC2)nn1C. The first-order chi connectivity index (χ1) is 11.1. The number of rotatable bonds is 3. The van der Waals surface area contributed by atoms with Crippen molar-refractivity contribution in [1.82, 2.24) is 19.7 Å². The van der Waals surface area contributed by atoms with E-state index < -0.39 is 0 Å². The van der Waals surface area contributed by atoms with Crippen molar-refractivity contribution in [3.8, 4) is 0 Å². The minimum atomic E-state index is -0.143. The van der Waals surface area contributed by atoms with E-state index in [1.165, 1.54) is 0 Å². The molecule has 2 saturated heterocycles. The molecule has 0 radical (unpaired) electrons. The Morgan fingerprint density at radius 3 is 2.78 bits per heavy atom. The van der Waals surface area contributed by atoms with Crippen molar-refractivity contribution < 1.29 is 14.3 Å². The van der Waals surface area contributed by atoms with E-state index in [0.29, 0.717) is 31.6 Å². The number of aryl methyl sites for hydroxylation is 2. The van der Waals surface area contributed by atoms with Crippen LogP contribution in [0.4, 0.5) is 10.7 Å². The first-order valence-corrected chi connectivity index (χ1v) is 8.24. The second-order valence-electron chi connectivity index (χ2n) is 6.25. The van der Waals surface area contributed by atoms with Gasteiger partial charge in [0, 0.05) is 26.8 Å². The van der Waals surface area contributed by atoms with Gasteiger partial charge < -0.3 is 14.4 Å². The smallest absolute Gasteiger partial charge is 0.324 e. The highest BCUT2D eigenvalue weighted by Gasteiger charge is 2.30. The molecule has 0 bridgehead atoms. The van der Waals surface area contributed by atoms with Crippen LogP contribution < -0.4 is 5.32 Å². The van der Waals surface area contributed by atoms with Gasteiger partial charge in [-0.3, -0.25) is 10.00 Å². The first kappa shape index (κ1) is 16.2. The molecule has 2 aliphatic rings. The molecule has 0 aliphatic carbocycles. The van der Waals surface area contributed by atoms with Crippen molar-refractivity contribution >= 4 is 12.0 Å². The second-order valence-corrected chi connectivity index (χ2v) is 6.25. The van der Waals surface area contributed by atoms with Crippen molar-refractivity contribution in [2.45, 2.75) is 32.2 Å². The van der Waals surface area contributed by atoms with Gasteiger partial charge in [-0.2, -0.15) is 4.98 Å². The average Bonchev–Trinajstić information content (AvgIpc) is 2.86. The summed E-state index contributed by atoms with van der Waals surface area (Å²) in [4.78, 5) is 18.7. The summed E-state index contributed by atoms with van der Waals surface area (Å²) in [5, 5.41) is 6.99. The van der Waals surface area contributed by atoms with Crippen LogP contribution in [0.1, 0.15) is 25.1 Å². The number of morpholine rings is 1. The van der Waals surface area contributed by atoms with Crippen LogP contribution in [0.5, 0.6) is 0 Å². The maximum Gasteiger partial charge on any atom is 0.324 e. The Bertz CT molecular complexity index is 522. The summed E-state index contributed by atoms with van der Waals surface area (Å²) in [6.45, 7) is 5.27. The van der Waals surface area contributed by atoms with Gasteiger partial charge in [0.2, 0.25) is 5.95 Å². The third kappa shape index (κ3) is 4.00. The van der Waals surface area contributed by atoms with E-state index >= 15 is 0 Å². The fourth-order valence-corrected chi connectivity index (χ4v) is 3.17. The van der Waals surface area contributed by atoms with Crippen LogP contribution >= 0.6 is 0 Å². The molecular formula is C15H25N5O3. The molecule has 1 atom stereocenters. The van der Waals surface area contributed by atoms with Gasteiger partial charge in [0.05, 0.1) is 19.3 Å².